The van der Waals surface area contributed by atoms with Gasteiger partial charge in [-0.2, -0.15) is 22.8 Å². The molecule has 138 valence electrons. The van der Waals surface area contributed by atoms with Crippen molar-refractivity contribution in [2.75, 3.05) is 5.75 Å². The molecule has 3 aromatic rings. The largest absolute Gasteiger partial charge is 0.398 e. The number of nitrogens with one attached hydrogen (secondary N) is 1. The minimum absolute atomic E-state index is 0.0811. The van der Waals surface area contributed by atoms with E-state index in [0.717, 1.165) is 4.52 Å². The van der Waals surface area contributed by atoms with Crippen molar-refractivity contribution < 1.29 is 17.6 Å². The van der Waals surface area contributed by atoms with Crippen LogP contribution in [0.2, 0.25) is 0 Å². The van der Waals surface area contributed by atoms with E-state index in [1.165, 1.54) is 24.3 Å². The van der Waals surface area contributed by atoms with E-state index < -0.39 is 23.4 Å². The molecule has 2 aromatic heterocycles. The third-order valence-electron chi connectivity index (χ3n) is 3.55. The van der Waals surface area contributed by atoms with Crippen LogP contribution in [0, 0.1) is 5.82 Å². The molecule has 0 saturated carbocycles. The molecule has 0 unspecified atom stereocenters. The van der Waals surface area contributed by atoms with Gasteiger partial charge in [0.25, 0.3) is 0 Å². The average Bonchev–Trinajstić information content (AvgIpc) is 2.93. The van der Waals surface area contributed by atoms with Crippen LogP contribution < -0.4 is 5.69 Å². The Labute approximate surface area is 149 Å². The minimum Gasteiger partial charge on any atom is -0.285 e. The third kappa shape index (κ3) is 3.74. The van der Waals surface area contributed by atoms with E-state index in [-0.39, 0.29) is 16.7 Å². The number of thioether (sulfide) groups is 1. The van der Waals surface area contributed by atoms with Gasteiger partial charge in [0.15, 0.2) is 10.8 Å². The fraction of sp³-hybridized carbons (Fsp3) is 0.312. The van der Waals surface area contributed by atoms with E-state index in [1.807, 2.05) is 13.8 Å². The first-order valence-electron chi connectivity index (χ1n) is 7.64. The predicted octanol–water partition coefficient (Wildman–Crippen LogP) is 4.00. The van der Waals surface area contributed by atoms with E-state index in [0.29, 0.717) is 28.6 Å². The van der Waals surface area contributed by atoms with Crippen LogP contribution in [-0.4, -0.2) is 31.5 Å². The van der Waals surface area contributed by atoms with Crippen LogP contribution in [0.3, 0.4) is 0 Å². The Hall–Kier alpha value is -2.36. The molecule has 0 radical (unpaired) electrons. The molecule has 0 saturated heterocycles. The van der Waals surface area contributed by atoms with Crippen molar-refractivity contribution in [2.45, 2.75) is 31.1 Å². The molecule has 1 aromatic carbocycles. The first-order chi connectivity index (χ1) is 12.2. The van der Waals surface area contributed by atoms with E-state index >= 15 is 0 Å². The second-order valence-electron chi connectivity index (χ2n) is 5.91. The summed E-state index contributed by atoms with van der Waals surface area (Å²) in [7, 11) is 0. The van der Waals surface area contributed by atoms with Gasteiger partial charge in [-0.25, -0.2) is 14.2 Å². The number of alkyl halides is 3. The molecule has 0 atom stereocenters. The third-order valence-corrected chi connectivity index (χ3v) is 4.49. The van der Waals surface area contributed by atoms with Crippen LogP contribution in [0.5, 0.6) is 0 Å². The lowest BCUT2D eigenvalue weighted by Gasteiger charge is -2.07. The maximum atomic E-state index is 13.2. The highest BCUT2D eigenvalue weighted by molar-refractivity contribution is 7.99. The lowest BCUT2D eigenvalue weighted by molar-refractivity contribution is -0.105. The average molecular weight is 386 g/mol. The fourth-order valence-corrected chi connectivity index (χ4v) is 3.07. The summed E-state index contributed by atoms with van der Waals surface area (Å²) >= 11 is 0.388. The van der Waals surface area contributed by atoms with Gasteiger partial charge >= 0.3 is 11.9 Å². The number of hydrogen-bond acceptors (Lipinski definition) is 4. The number of halogens is 4. The Morgan fingerprint density at radius 1 is 1.23 bits per heavy atom. The number of hydrogen-bond donors (Lipinski definition) is 1. The molecular weight excluding hydrogens is 372 g/mol. The highest BCUT2D eigenvalue weighted by Crippen LogP contribution is 2.32. The van der Waals surface area contributed by atoms with Gasteiger partial charge in [-0.1, -0.05) is 37.7 Å². The molecule has 0 fully saturated rings. The summed E-state index contributed by atoms with van der Waals surface area (Å²) in [5.41, 5.74) is 1.08. The van der Waals surface area contributed by atoms with Gasteiger partial charge in [0, 0.05) is 0 Å². The normalized spacial score (nSPS) is 12.3. The first kappa shape index (κ1) is 18.4. The summed E-state index contributed by atoms with van der Waals surface area (Å²) in [6.07, 6.45) is -4.39. The second-order valence-corrected chi connectivity index (χ2v) is 6.87. The summed E-state index contributed by atoms with van der Waals surface area (Å²) in [5.74, 6) is -1.69. The van der Waals surface area contributed by atoms with Crippen LogP contribution in [0.15, 0.2) is 34.2 Å². The lowest BCUT2D eigenvalue weighted by Crippen LogP contribution is -2.20. The van der Waals surface area contributed by atoms with Crippen molar-refractivity contribution in [1.29, 1.82) is 0 Å². The van der Waals surface area contributed by atoms with Crippen LogP contribution in [-0.2, 0) is 0 Å². The van der Waals surface area contributed by atoms with Crippen molar-refractivity contribution >= 4 is 17.4 Å². The molecule has 0 bridgehead atoms. The standard InChI is InChI=1S/C16H14F4N4OS/c1-8(2)12-11(9-3-5-10(17)6-4-9)13-21-14(26-7-16(18,19)20)22-15(25)24(13)23-12/h3-6,8H,7H2,1-2H3,(H,21,22,25). The molecule has 0 spiro atoms. The van der Waals surface area contributed by atoms with Gasteiger partial charge in [0.2, 0.25) is 0 Å². The Bertz CT molecular complexity index is 992. The Morgan fingerprint density at radius 3 is 2.46 bits per heavy atom. The van der Waals surface area contributed by atoms with Crippen LogP contribution >= 0.6 is 11.8 Å². The van der Waals surface area contributed by atoms with E-state index in [1.54, 1.807) is 0 Å². The van der Waals surface area contributed by atoms with E-state index in [9.17, 15) is 22.4 Å². The monoisotopic (exact) mass is 386 g/mol. The van der Waals surface area contributed by atoms with Gasteiger partial charge in [-0.05, 0) is 23.6 Å². The maximum Gasteiger partial charge on any atom is 0.398 e. The molecule has 0 aliphatic carbocycles. The smallest absolute Gasteiger partial charge is 0.285 e. The summed E-state index contributed by atoms with van der Waals surface area (Å²) in [6, 6.07) is 5.55. The van der Waals surface area contributed by atoms with Crippen molar-refractivity contribution in [3.8, 4) is 11.1 Å². The molecule has 2 heterocycles. The summed E-state index contributed by atoms with van der Waals surface area (Å²) < 4.78 is 51.6. The number of benzene rings is 1. The number of rotatable bonds is 4. The van der Waals surface area contributed by atoms with Crippen molar-refractivity contribution in [1.82, 2.24) is 19.6 Å². The topological polar surface area (TPSA) is 63.1 Å². The Kier molecular flexibility index (Phi) is 4.78. The van der Waals surface area contributed by atoms with Crippen LogP contribution in [0.4, 0.5) is 17.6 Å². The molecule has 0 aliphatic heterocycles. The molecule has 0 amide bonds. The van der Waals surface area contributed by atoms with Gasteiger partial charge in [0.05, 0.1) is 17.0 Å². The molecule has 1 N–H and O–H groups in total. The number of nitrogens with zero attached hydrogens (tertiary/aromatic N) is 3. The first-order valence-corrected chi connectivity index (χ1v) is 8.62. The summed E-state index contributed by atoms with van der Waals surface area (Å²) in [5, 5.41) is 4.09. The second kappa shape index (κ2) is 6.75. The molecule has 26 heavy (non-hydrogen) atoms. The van der Waals surface area contributed by atoms with Crippen LogP contribution in [0.25, 0.3) is 16.8 Å². The minimum atomic E-state index is -4.39. The Morgan fingerprint density at radius 2 is 1.88 bits per heavy atom. The molecule has 0 aliphatic rings. The number of aromatic nitrogens is 4. The SMILES string of the molecule is CC(C)c1nn2c(=O)[nH]c(SCC(F)(F)F)nc2c1-c1ccc(F)cc1. The van der Waals surface area contributed by atoms with Crippen LogP contribution in [0.1, 0.15) is 25.5 Å². The van der Waals surface area contributed by atoms with E-state index in [4.69, 9.17) is 0 Å². The zero-order valence-corrected chi connectivity index (χ0v) is 14.6. The lowest BCUT2D eigenvalue weighted by atomic mass is 9.99. The quantitative estimate of drug-likeness (QED) is 0.544. The summed E-state index contributed by atoms with van der Waals surface area (Å²) in [6.45, 7) is 3.73. The number of H-pyrrole nitrogens is 1. The van der Waals surface area contributed by atoms with E-state index in [2.05, 4.69) is 15.1 Å². The number of fused-ring (bicyclic) bond motifs is 1. The molecular formula is C16H14F4N4OS. The zero-order chi connectivity index (χ0) is 19.1. The molecule has 3 rings (SSSR count). The number of aromatic amines is 1. The fourth-order valence-electron chi connectivity index (χ4n) is 2.46. The maximum absolute atomic E-state index is 13.2. The van der Waals surface area contributed by atoms with Crippen molar-refractivity contribution in [2.24, 2.45) is 0 Å². The van der Waals surface area contributed by atoms with Gasteiger partial charge in [-0.3, -0.25) is 4.98 Å². The van der Waals surface area contributed by atoms with Gasteiger partial charge in [0.1, 0.15) is 5.82 Å². The van der Waals surface area contributed by atoms with Gasteiger partial charge in [-0.15, -0.1) is 0 Å². The zero-order valence-electron chi connectivity index (χ0n) is 13.8. The van der Waals surface area contributed by atoms with Crippen molar-refractivity contribution in [3.05, 3.63) is 46.3 Å². The molecule has 5 nitrogen and oxygen atoms in total. The predicted molar refractivity (Wildman–Crippen MR) is 89.9 cm³/mol. The Balaban J connectivity index is 2.20. The van der Waals surface area contributed by atoms with Gasteiger partial charge < -0.3 is 0 Å². The highest BCUT2D eigenvalue weighted by atomic mass is 32.2. The molecule has 10 heteroatoms. The highest BCUT2D eigenvalue weighted by Gasteiger charge is 2.28. The summed E-state index contributed by atoms with van der Waals surface area (Å²) in [4.78, 5) is 18.7. The van der Waals surface area contributed by atoms with Crippen molar-refractivity contribution in [3.63, 3.8) is 0 Å².